The number of anilines is 1. The third-order valence-corrected chi connectivity index (χ3v) is 2.64. The van der Waals surface area contributed by atoms with Gasteiger partial charge in [-0.2, -0.15) is 0 Å². The lowest BCUT2D eigenvalue weighted by atomic mass is 10.2. The van der Waals surface area contributed by atoms with E-state index in [0.717, 1.165) is 6.07 Å². The maximum Gasteiger partial charge on any atom is 0.255 e. The monoisotopic (exact) mass is 288 g/mol. The van der Waals surface area contributed by atoms with Crippen LogP contribution in [-0.2, 0) is 0 Å². The largest absolute Gasteiger partial charge is 0.508 e. The highest BCUT2D eigenvalue weighted by Crippen LogP contribution is 2.22. The molecule has 0 bridgehead atoms. The van der Waals surface area contributed by atoms with Crippen LogP contribution in [0.4, 0.5) is 5.69 Å². The van der Waals surface area contributed by atoms with E-state index < -0.39 is 5.91 Å². The van der Waals surface area contributed by atoms with Gasteiger partial charge in [0.15, 0.2) is 0 Å². The van der Waals surface area contributed by atoms with Gasteiger partial charge in [-0.15, -0.1) is 0 Å². The van der Waals surface area contributed by atoms with Crippen LogP contribution in [0.15, 0.2) is 42.5 Å². The van der Waals surface area contributed by atoms with Gasteiger partial charge in [-0.25, -0.2) is 0 Å². The Morgan fingerprint density at radius 1 is 1.14 bits per heavy atom. The summed E-state index contributed by atoms with van der Waals surface area (Å²) in [5, 5.41) is 21.4. The van der Waals surface area contributed by atoms with Gasteiger partial charge in [-0.1, -0.05) is 6.07 Å². The van der Waals surface area contributed by atoms with Crippen LogP contribution in [0.1, 0.15) is 10.4 Å². The summed E-state index contributed by atoms with van der Waals surface area (Å²) >= 11 is 0. The number of hydrogen-bond donors (Lipinski definition) is 4. The molecule has 0 fully saturated rings. The van der Waals surface area contributed by atoms with Crippen LogP contribution >= 0.6 is 0 Å². The van der Waals surface area contributed by atoms with Crippen LogP contribution in [0.5, 0.6) is 17.2 Å². The molecule has 0 aliphatic carbocycles. The van der Waals surface area contributed by atoms with Gasteiger partial charge >= 0.3 is 0 Å². The van der Waals surface area contributed by atoms with Crippen LogP contribution in [0.2, 0.25) is 0 Å². The number of ether oxygens (including phenoxy) is 1. The van der Waals surface area contributed by atoms with Crippen molar-refractivity contribution in [3.63, 3.8) is 0 Å². The first-order chi connectivity index (χ1) is 10.1. The summed E-state index contributed by atoms with van der Waals surface area (Å²) < 4.78 is 5.37. The van der Waals surface area contributed by atoms with Gasteiger partial charge in [0.2, 0.25) is 0 Å². The normalized spacial score (nSPS) is 10.1. The molecule has 6 heteroatoms. The Kier molecular flexibility index (Phi) is 4.63. The van der Waals surface area contributed by atoms with Crippen molar-refractivity contribution in [2.75, 3.05) is 18.5 Å². The third-order valence-electron chi connectivity index (χ3n) is 2.64. The van der Waals surface area contributed by atoms with Crippen LogP contribution in [0.25, 0.3) is 0 Å². The zero-order chi connectivity index (χ0) is 15.2. The molecule has 0 aromatic heterocycles. The van der Waals surface area contributed by atoms with Gasteiger partial charge in [0, 0.05) is 29.9 Å². The summed E-state index contributed by atoms with van der Waals surface area (Å²) in [4.78, 5) is 12.0. The van der Waals surface area contributed by atoms with Crippen molar-refractivity contribution >= 4 is 11.6 Å². The molecular weight excluding hydrogens is 272 g/mol. The summed E-state index contributed by atoms with van der Waals surface area (Å²) in [7, 11) is 0. The minimum absolute atomic E-state index is 0.153. The van der Waals surface area contributed by atoms with Crippen molar-refractivity contribution in [2.45, 2.75) is 0 Å². The van der Waals surface area contributed by atoms with E-state index in [1.165, 1.54) is 12.1 Å². The highest BCUT2D eigenvalue weighted by atomic mass is 16.5. The Morgan fingerprint density at radius 2 is 1.86 bits per heavy atom. The molecule has 0 aliphatic heterocycles. The molecular formula is C15H16N2O4. The van der Waals surface area contributed by atoms with Gasteiger partial charge < -0.3 is 26.0 Å². The maximum absolute atomic E-state index is 12.0. The van der Waals surface area contributed by atoms with Crippen molar-refractivity contribution in [1.82, 2.24) is 0 Å². The Morgan fingerprint density at radius 3 is 2.52 bits per heavy atom. The number of aromatic hydroxyl groups is 2. The Hall–Kier alpha value is -2.73. The molecule has 1 amide bonds. The molecule has 21 heavy (non-hydrogen) atoms. The number of hydrogen-bond acceptors (Lipinski definition) is 5. The molecule has 0 heterocycles. The summed E-state index contributed by atoms with van der Waals surface area (Å²) in [6.07, 6.45) is 0. The molecule has 6 nitrogen and oxygen atoms in total. The minimum Gasteiger partial charge on any atom is -0.508 e. The number of nitrogens with two attached hydrogens (primary N) is 1. The zero-order valence-corrected chi connectivity index (χ0v) is 11.2. The number of phenolic OH excluding ortho intramolecular Hbond substituents is 2. The number of benzene rings is 2. The molecule has 0 saturated carbocycles. The lowest BCUT2D eigenvalue weighted by molar-refractivity contribution is 0.102. The van der Waals surface area contributed by atoms with E-state index in [0.29, 0.717) is 24.6 Å². The smallest absolute Gasteiger partial charge is 0.255 e. The summed E-state index contributed by atoms with van der Waals surface area (Å²) in [5.41, 5.74) is 6.05. The van der Waals surface area contributed by atoms with E-state index in [2.05, 4.69) is 5.32 Å². The van der Waals surface area contributed by atoms with Crippen molar-refractivity contribution in [2.24, 2.45) is 5.73 Å². The zero-order valence-electron chi connectivity index (χ0n) is 11.2. The lowest BCUT2D eigenvalue weighted by Crippen LogP contribution is -2.13. The Balaban J connectivity index is 2.11. The number of nitrogens with one attached hydrogen (secondary N) is 1. The molecule has 0 atom stereocenters. The first-order valence-corrected chi connectivity index (χ1v) is 6.36. The lowest BCUT2D eigenvalue weighted by Gasteiger charge is -2.09. The molecule has 2 rings (SSSR count). The van der Waals surface area contributed by atoms with Gasteiger partial charge in [-0.05, 0) is 24.3 Å². The highest BCUT2D eigenvalue weighted by Gasteiger charge is 2.09. The molecule has 0 aliphatic rings. The standard InChI is InChI=1S/C15H16N2O4/c16-4-5-21-14-3-1-2-11(8-14)17-15(20)10-6-12(18)9-13(19)7-10/h1-3,6-9,18-19H,4-5,16H2,(H,17,20). The molecule has 2 aromatic carbocycles. The van der Waals surface area contributed by atoms with Crippen LogP contribution in [-0.4, -0.2) is 29.3 Å². The predicted octanol–water partition coefficient (Wildman–Crippen LogP) is 1.69. The molecule has 0 unspecified atom stereocenters. The number of carbonyl (C=O) groups excluding carboxylic acids is 1. The molecule has 110 valence electrons. The fourth-order valence-corrected chi connectivity index (χ4v) is 1.77. The maximum atomic E-state index is 12.0. The van der Waals surface area contributed by atoms with Gasteiger partial charge in [0.25, 0.3) is 5.91 Å². The first-order valence-electron chi connectivity index (χ1n) is 6.36. The van der Waals surface area contributed by atoms with Crippen LogP contribution in [0, 0.1) is 0 Å². The Labute approximate surface area is 121 Å². The second kappa shape index (κ2) is 6.62. The van der Waals surface area contributed by atoms with Crippen LogP contribution in [0.3, 0.4) is 0 Å². The fraction of sp³-hybridized carbons (Fsp3) is 0.133. The van der Waals surface area contributed by atoms with Gasteiger partial charge in [0.1, 0.15) is 23.9 Å². The summed E-state index contributed by atoms with van der Waals surface area (Å²) in [5.74, 6) is -0.213. The highest BCUT2D eigenvalue weighted by molar-refractivity contribution is 6.04. The second-order valence-corrected chi connectivity index (χ2v) is 4.36. The number of rotatable bonds is 5. The third kappa shape index (κ3) is 4.12. The average molecular weight is 288 g/mol. The summed E-state index contributed by atoms with van der Waals surface area (Å²) in [6, 6.07) is 10.5. The van der Waals surface area contributed by atoms with Crippen molar-refractivity contribution in [3.05, 3.63) is 48.0 Å². The Bertz CT molecular complexity index is 623. The van der Waals surface area contributed by atoms with Crippen molar-refractivity contribution in [1.29, 1.82) is 0 Å². The van der Waals surface area contributed by atoms with E-state index >= 15 is 0 Å². The van der Waals surface area contributed by atoms with Crippen LogP contribution < -0.4 is 15.8 Å². The van der Waals surface area contributed by atoms with E-state index in [4.69, 9.17) is 10.5 Å². The molecule has 0 spiro atoms. The van der Waals surface area contributed by atoms with E-state index in [1.807, 2.05) is 0 Å². The average Bonchev–Trinajstić information content (AvgIpc) is 2.44. The topological polar surface area (TPSA) is 105 Å². The SMILES string of the molecule is NCCOc1cccc(NC(=O)c2cc(O)cc(O)c2)c1. The van der Waals surface area contributed by atoms with Gasteiger partial charge in [0.05, 0.1) is 0 Å². The fourth-order valence-electron chi connectivity index (χ4n) is 1.77. The van der Waals surface area contributed by atoms with E-state index in [9.17, 15) is 15.0 Å². The molecule has 0 radical (unpaired) electrons. The first kappa shape index (κ1) is 14.7. The minimum atomic E-state index is -0.447. The summed E-state index contributed by atoms with van der Waals surface area (Å²) in [6.45, 7) is 0.789. The number of phenols is 2. The quantitative estimate of drug-likeness (QED) is 0.670. The number of carbonyl (C=O) groups is 1. The molecule has 5 N–H and O–H groups in total. The number of amides is 1. The molecule has 2 aromatic rings. The van der Waals surface area contributed by atoms with E-state index in [-0.39, 0.29) is 17.1 Å². The van der Waals surface area contributed by atoms with Crippen molar-refractivity contribution < 1.29 is 19.7 Å². The molecule has 0 saturated heterocycles. The predicted molar refractivity (Wildman–Crippen MR) is 78.7 cm³/mol. The van der Waals surface area contributed by atoms with E-state index in [1.54, 1.807) is 24.3 Å². The second-order valence-electron chi connectivity index (χ2n) is 4.36. The van der Waals surface area contributed by atoms with Gasteiger partial charge in [-0.3, -0.25) is 4.79 Å². The van der Waals surface area contributed by atoms with Crippen molar-refractivity contribution in [3.8, 4) is 17.2 Å².